The van der Waals surface area contributed by atoms with Crippen molar-refractivity contribution in [1.29, 1.82) is 0 Å². The largest absolute Gasteiger partial charge is 0.478 e. The fraction of sp³-hybridized carbons (Fsp3) is 0.808. The van der Waals surface area contributed by atoms with Crippen LogP contribution in [0.1, 0.15) is 124 Å². The van der Waals surface area contributed by atoms with Crippen molar-refractivity contribution in [3.05, 3.63) is 24.3 Å². The third-order valence-corrected chi connectivity index (χ3v) is 5.33. The lowest BCUT2D eigenvalue weighted by atomic mass is 10.1. The number of hydrogen-bond acceptors (Lipinski definition) is 2. The molecule has 0 spiro atoms. The summed E-state index contributed by atoms with van der Waals surface area (Å²) in [6, 6.07) is 0. The van der Waals surface area contributed by atoms with Crippen LogP contribution in [0.15, 0.2) is 29.3 Å². The molecule has 0 unspecified atom stereocenters. The normalized spacial score (nSPS) is 16.2. The van der Waals surface area contributed by atoms with Crippen molar-refractivity contribution >= 4 is 5.90 Å². The lowest BCUT2D eigenvalue weighted by Gasteiger charge is -2.07. The average molecular weight is 390 g/mol. The van der Waals surface area contributed by atoms with E-state index in [1.54, 1.807) is 0 Å². The number of hydrogen-bond donors (Lipinski definition) is 0. The first-order chi connectivity index (χ1) is 13.6. The monoisotopic (exact) mass is 389 g/mol. The van der Waals surface area contributed by atoms with Crippen molar-refractivity contribution in [1.82, 2.24) is 0 Å². The van der Waals surface area contributed by atoms with Crippen molar-refractivity contribution in [3.63, 3.8) is 0 Å². The van der Waals surface area contributed by atoms with Gasteiger partial charge in [0.2, 0.25) is 0 Å². The van der Waals surface area contributed by atoms with Gasteiger partial charge in [-0.2, -0.15) is 0 Å². The summed E-state index contributed by atoms with van der Waals surface area (Å²) in [6.07, 6.45) is 30.4. The molecule has 1 aliphatic rings. The molecule has 0 aliphatic carbocycles. The van der Waals surface area contributed by atoms with Gasteiger partial charge in [0, 0.05) is 6.42 Å². The molecule has 0 aromatic heterocycles. The molecule has 0 bridgehead atoms. The zero-order chi connectivity index (χ0) is 20.3. The quantitative estimate of drug-likeness (QED) is 0.170. The molecule has 2 nitrogen and oxygen atoms in total. The van der Waals surface area contributed by atoms with Gasteiger partial charge in [-0.25, -0.2) is 4.99 Å². The smallest absolute Gasteiger partial charge is 0.183 e. The van der Waals surface area contributed by atoms with Gasteiger partial charge >= 0.3 is 0 Å². The van der Waals surface area contributed by atoms with E-state index in [4.69, 9.17) is 4.74 Å². The van der Waals surface area contributed by atoms with Crippen LogP contribution in [0, 0.1) is 0 Å². The molecule has 28 heavy (non-hydrogen) atoms. The Morgan fingerprint density at radius 1 is 0.714 bits per heavy atom. The Balaban J connectivity index is 1.79. The van der Waals surface area contributed by atoms with Gasteiger partial charge < -0.3 is 4.74 Å². The Bertz CT molecular complexity index is 447. The van der Waals surface area contributed by atoms with Crippen molar-refractivity contribution in [2.45, 2.75) is 129 Å². The van der Waals surface area contributed by atoms with Gasteiger partial charge in [0.25, 0.3) is 0 Å². The Labute approximate surface area is 175 Å². The first-order valence-electron chi connectivity index (χ1n) is 12.2. The maximum absolute atomic E-state index is 5.64. The van der Waals surface area contributed by atoms with Gasteiger partial charge in [-0.15, -0.1) is 0 Å². The van der Waals surface area contributed by atoms with E-state index in [-0.39, 0.29) is 5.54 Å². The molecule has 0 N–H and O–H groups in total. The standard InChI is InChI=1S/C26H47NO/c1-4-5-6-7-8-9-10-11-12-13-14-15-16-17-18-19-20-21-22-23-25-27-26(2,3)24-28-25/h11-12,17-18H,4-10,13-16,19-24H2,1-3H3/b12-11-,18-17-. The lowest BCUT2D eigenvalue weighted by Crippen LogP contribution is -2.17. The molecule has 0 aromatic carbocycles. The van der Waals surface area contributed by atoms with E-state index >= 15 is 0 Å². The molecule has 0 atom stereocenters. The highest BCUT2D eigenvalue weighted by Gasteiger charge is 2.25. The van der Waals surface area contributed by atoms with Crippen LogP contribution in [-0.4, -0.2) is 18.0 Å². The van der Waals surface area contributed by atoms with E-state index in [0.717, 1.165) is 18.9 Å². The summed E-state index contributed by atoms with van der Waals surface area (Å²) in [6.45, 7) is 7.30. The summed E-state index contributed by atoms with van der Waals surface area (Å²) < 4.78 is 5.64. The Kier molecular flexibility index (Phi) is 15.0. The lowest BCUT2D eigenvalue weighted by molar-refractivity contribution is 0.273. The highest BCUT2D eigenvalue weighted by molar-refractivity contribution is 5.78. The van der Waals surface area contributed by atoms with E-state index < -0.39 is 0 Å². The number of aliphatic imine (C=N–C) groups is 1. The molecule has 0 saturated heterocycles. The average Bonchev–Trinajstić information content (AvgIpc) is 3.02. The van der Waals surface area contributed by atoms with Crippen LogP contribution in [-0.2, 0) is 4.74 Å². The summed E-state index contributed by atoms with van der Waals surface area (Å²) >= 11 is 0. The topological polar surface area (TPSA) is 21.6 Å². The number of ether oxygens (including phenoxy) is 1. The molecular weight excluding hydrogens is 342 g/mol. The van der Waals surface area contributed by atoms with Crippen LogP contribution >= 0.6 is 0 Å². The van der Waals surface area contributed by atoms with Crippen molar-refractivity contribution in [3.8, 4) is 0 Å². The van der Waals surface area contributed by atoms with Crippen LogP contribution in [0.4, 0.5) is 0 Å². The number of unbranched alkanes of at least 4 members (excludes halogenated alkanes) is 12. The molecule has 162 valence electrons. The summed E-state index contributed by atoms with van der Waals surface area (Å²) in [5, 5.41) is 0. The van der Waals surface area contributed by atoms with E-state index in [2.05, 4.69) is 50.1 Å². The third-order valence-electron chi connectivity index (χ3n) is 5.33. The van der Waals surface area contributed by atoms with Gasteiger partial charge in [-0.1, -0.05) is 69.8 Å². The predicted molar refractivity (Wildman–Crippen MR) is 125 cm³/mol. The van der Waals surface area contributed by atoms with Crippen molar-refractivity contribution in [2.75, 3.05) is 6.61 Å². The van der Waals surface area contributed by atoms with Crippen LogP contribution in [0.3, 0.4) is 0 Å². The molecule has 2 heteroatoms. The third kappa shape index (κ3) is 14.9. The van der Waals surface area contributed by atoms with Gasteiger partial charge in [0.05, 0.1) is 5.54 Å². The Hall–Kier alpha value is -1.05. The minimum Gasteiger partial charge on any atom is -0.478 e. The zero-order valence-corrected chi connectivity index (χ0v) is 19.2. The number of nitrogens with zero attached hydrogens (tertiary/aromatic N) is 1. The number of allylic oxidation sites excluding steroid dienone is 4. The molecule has 1 rings (SSSR count). The summed E-state index contributed by atoms with van der Waals surface area (Å²) in [5.41, 5.74) is 0.00173. The van der Waals surface area contributed by atoms with E-state index in [1.807, 2.05) is 0 Å². The first kappa shape index (κ1) is 25.0. The fourth-order valence-corrected chi connectivity index (χ4v) is 3.54. The molecule has 0 radical (unpaired) electrons. The summed E-state index contributed by atoms with van der Waals surface area (Å²) in [7, 11) is 0. The molecule has 1 aliphatic heterocycles. The van der Waals surface area contributed by atoms with Gasteiger partial charge in [0.15, 0.2) is 5.90 Å². The molecule has 0 amide bonds. The zero-order valence-electron chi connectivity index (χ0n) is 19.2. The van der Waals surface area contributed by atoms with Crippen LogP contribution in [0.2, 0.25) is 0 Å². The molecule has 1 heterocycles. The second-order valence-electron chi connectivity index (χ2n) is 8.99. The Morgan fingerprint density at radius 3 is 1.68 bits per heavy atom. The molecule has 0 aromatic rings. The highest BCUT2D eigenvalue weighted by atomic mass is 16.5. The van der Waals surface area contributed by atoms with Crippen LogP contribution in [0.25, 0.3) is 0 Å². The van der Waals surface area contributed by atoms with E-state index in [1.165, 1.54) is 96.3 Å². The SMILES string of the molecule is CCCCCCCC/C=C\CCCC/C=C\CCCCCC1=NC(C)(C)CO1. The Morgan fingerprint density at radius 2 is 1.18 bits per heavy atom. The second kappa shape index (κ2) is 16.9. The van der Waals surface area contributed by atoms with Gasteiger partial charge in [-0.05, 0) is 71.6 Å². The minimum absolute atomic E-state index is 0.00173. The fourth-order valence-electron chi connectivity index (χ4n) is 3.54. The predicted octanol–water partition coefficient (Wildman–Crippen LogP) is 8.57. The molecule has 0 fully saturated rings. The van der Waals surface area contributed by atoms with Crippen LogP contribution in [0.5, 0.6) is 0 Å². The van der Waals surface area contributed by atoms with Crippen molar-refractivity contribution < 1.29 is 4.74 Å². The number of rotatable bonds is 18. The first-order valence-corrected chi connectivity index (χ1v) is 12.2. The van der Waals surface area contributed by atoms with Crippen molar-refractivity contribution in [2.24, 2.45) is 4.99 Å². The molecule has 0 saturated carbocycles. The van der Waals surface area contributed by atoms with Gasteiger partial charge in [-0.3, -0.25) is 0 Å². The maximum atomic E-state index is 5.64. The van der Waals surface area contributed by atoms with Crippen LogP contribution < -0.4 is 0 Å². The summed E-state index contributed by atoms with van der Waals surface area (Å²) in [5.74, 6) is 0.974. The minimum atomic E-state index is 0.00173. The van der Waals surface area contributed by atoms with Gasteiger partial charge in [0.1, 0.15) is 6.61 Å². The second-order valence-corrected chi connectivity index (χ2v) is 8.99. The molecular formula is C26H47NO. The summed E-state index contributed by atoms with van der Waals surface area (Å²) in [4.78, 5) is 4.61. The maximum Gasteiger partial charge on any atom is 0.183 e. The highest BCUT2D eigenvalue weighted by Crippen LogP contribution is 2.19. The van der Waals surface area contributed by atoms with E-state index in [9.17, 15) is 0 Å². The van der Waals surface area contributed by atoms with E-state index in [0.29, 0.717) is 0 Å².